The molecule has 0 amide bonds. The zero-order valence-corrected chi connectivity index (χ0v) is 8.02. The summed E-state index contributed by atoms with van der Waals surface area (Å²) in [6.07, 6.45) is 0. The minimum atomic E-state index is -0.886. The first-order valence-electron chi connectivity index (χ1n) is 3.82. The van der Waals surface area contributed by atoms with Crippen molar-refractivity contribution in [1.29, 1.82) is 0 Å². The van der Waals surface area contributed by atoms with Crippen molar-refractivity contribution in [2.24, 2.45) is 0 Å². The van der Waals surface area contributed by atoms with Gasteiger partial charge in [0, 0.05) is 28.3 Å². The van der Waals surface area contributed by atoms with Crippen molar-refractivity contribution >= 4 is 16.8 Å². The lowest BCUT2D eigenvalue weighted by Crippen LogP contribution is -2.52. The van der Waals surface area contributed by atoms with Gasteiger partial charge in [-0.25, -0.2) is 0 Å². The molecule has 1 unspecified atom stereocenters. The maximum atomic E-state index is 11.2. The van der Waals surface area contributed by atoms with E-state index in [2.05, 4.69) is 10.1 Å². The van der Waals surface area contributed by atoms with Gasteiger partial charge < -0.3 is 10.1 Å². The molecule has 1 N–H and O–H groups in total. The summed E-state index contributed by atoms with van der Waals surface area (Å²) in [7, 11) is 0.454. The number of hydrogen-bond acceptors (Lipinski definition) is 4. The van der Waals surface area contributed by atoms with Crippen LogP contribution in [0.3, 0.4) is 0 Å². The number of carbonyl (C=O) groups is 1. The number of carbonyl (C=O) groups excluding carboxylic acids is 1. The Morgan fingerprint density at radius 2 is 2.25 bits per heavy atom. The van der Waals surface area contributed by atoms with E-state index in [1.807, 2.05) is 6.92 Å². The van der Waals surface area contributed by atoms with Crippen LogP contribution in [0.25, 0.3) is 0 Å². The summed E-state index contributed by atoms with van der Waals surface area (Å²) in [6.45, 7) is 1.91. The maximum Gasteiger partial charge on any atom is 0.323 e. The van der Waals surface area contributed by atoms with Gasteiger partial charge in [-0.15, -0.1) is 0 Å². The lowest BCUT2D eigenvalue weighted by Gasteiger charge is -2.25. The smallest absolute Gasteiger partial charge is 0.323 e. The number of methoxy groups -OCH3 is 1. The van der Waals surface area contributed by atoms with Gasteiger partial charge in [-0.05, 0) is 6.92 Å². The molecule has 1 heterocycles. The second kappa shape index (κ2) is 4.00. The second-order valence-corrected chi connectivity index (χ2v) is 4.46. The predicted octanol–water partition coefficient (Wildman–Crippen LogP) is -0.732. The lowest BCUT2D eigenvalue weighted by atomic mass is 10.3. The highest BCUT2D eigenvalue weighted by atomic mass is 32.2. The highest BCUT2D eigenvalue weighted by Crippen LogP contribution is 2.03. The Kier molecular flexibility index (Phi) is 3.22. The van der Waals surface area contributed by atoms with Gasteiger partial charge in [0.25, 0.3) is 0 Å². The summed E-state index contributed by atoms with van der Waals surface area (Å²) in [4.78, 5) is 11.0. The van der Waals surface area contributed by atoms with E-state index in [0.29, 0.717) is 11.5 Å². The predicted molar refractivity (Wildman–Crippen MR) is 46.3 cm³/mol. The Hall–Kier alpha value is -0.420. The SMILES string of the molecule is COC(=O)[C@@H]1CS(=O)C[C@H](C)N1. The summed E-state index contributed by atoms with van der Waals surface area (Å²) in [6, 6.07) is -0.261. The average molecular weight is 191 g/mol. The number of ether oxygens (including phenoxy) is 1. The van der Waals surface area contributed by atoms with Gasteiger partial charge >= 0.3 is 5.97 Å². The van der Waals surface area contributed by atoms with Crippen LogP contribution < -0.4 is 5.32 Å². The van der Waals surface area contributed by atoms with Crippen LogP contribution in [-0.2, 0) is 20.3 Å². The molecule has 3 atom stereocenters. The normalized spacial score (nSPS) is 36.0. The number of rotatable bonds is 1. The minimum Gasteiger partial charge on any atom is -0.468 e. The van der Waals surface area contributed by atoms with Crippen molar-refractivity contribution in [3.63, 3.8) is 0 Å². The van der Waals surface area contributed by atoms with Gasteiger partial charge in [0.2, 0.25) is 0 Å². The second-order valence-electron chi connectivity index (χ2n) is 2.92. The zero-order valence-electron chi connectivity index (χ0n) is 7.20. The van der Waals surface area contributed by atoms with Gasteiger partial charge in [0.05, 0.1) is 7.11 Å². The third-order valence-corrected chi connectivity index (χ3v) is 3.34. The van der Waals surface area contributed by atoms with Crippen LogP contribution in [0, 0.1) is 0 Å². The number of hydrogen-bond donors (Lipinski definition) is 1. The maximum absolute atomic E-state index is 11.2. The van der Waals surface area contributed by atoms with Crippen molar-refractivity contribution in [2.75, 3.05) is 18.6 Å². The van der Waals surface area contributed by atoms with Crippen molar-refractivity contribution < 1.29 is 13.7 Å². The fourth-order valence-corrected chi connectivity index (χ4v) is 2.64. The Bertz CT molecular complexity index is 207. The molecule has 1 aliphatic rings. The van der Waals surface area contributed by atoms with Crippen LogP contribution in [0.15, 0.2) is 0 Å². The largest absolute Gasteiger partial charge is 0.468 e. The Balaban J connectivity index is 2.55. The molecule has 0 radical (unpaired) electrons. The molecule has 5 heteroatoms. The van der Waals surface area contributed by atoms with E-state index in [9.17, 15) is 9.00 Å². The molecule has 0 aromatic carbocycles. The monoisotopic (exact) mass is 191 g/mol. The molecule has 0 saturated carbocycles. The van der Waals surface area contributed by atoms with Crippen LogP contribution in [0.4, 0.5) is 0 Å². The molecule has 4 nitrogen and oxygen atoms in total. The molecule has 0 aromatic rings. The highest BCUT2D eigenvalue weighted by Gasteiger charge is 2.28. The Morgan fingerprint density at radius 1 is 1.58 bits per heavy atom. The molecule has 0 spiro atoms. The van der Waals surface area contributed by atoms with Gasteiger partial charge in [0.1, 0.15) is 6.04 Å². The van der Waals surface area contributed by atoms with E-state index in [4.69, 9.17) is 0 Å². The fourth-order valence-electron chi connectivity index (χ4n) is 1.25. The van der Waals surface area contributed by atoms with E-state index in [1.54, 1.807) is 0 Å². The molecule has 0 aromatic heterocycles. The topological polar surface area (TPSA) is 55.4 Å². The third-order valence-electron chi connectivity index (χ3n) is 1.76. The standard InChI is InChI=1S/C7H13NO3S/c1-5-3-12(10)4-6(8-5)7(9)11-2/h5-6,8H,3-4H2,1-2H3/t5-,6-,12?/m0/s1. The number of esters is 1. The molecule has 12 heavy (non-hydrogen) atoms. The van der Waals surface area contributed by atoms with Gasteiger partial charge in [0.15, 0.2) is 0 Å². The molecular weight excluding hydrogens is 178 g/mol. The van der Waals surface area contributed by atoms with Crippen LogP contribution in [0.1, 0.15) is 6.92 Å². The van der Waals surface area contributed by atoms with E-state index in [1.165, 1.54) is 7.11 Å². The average Bonchev–Trinajstić information content (AvgIpc) is 2.01. The molecule has 1 rings (SSSR count). The summed E-state index contributed by atoms with van der Waals surface area (Å²) in [5.41, 5.74) is 0. The molecule has 70 valence electrons. The summed E-state index contributed by atoms with van der Waals surface area (Å²) in [5.74, 6) is 0.666. The molecule has 0 bridgehead atoms. The van der Waals surface area contributed by atoms with Crippen molar-refractivity contribution in [2.45, 2.75) is 19.0 Å². The first-order valence-corrected chi connectivity index (χ1v) is 5.31. The minimum absolute atomic E-state index is 0.128. The first kappa shape index (κ1) is 9.67. The summed E-state index contributed by atoms with van der Waals surface area (Å²) >= 11 is 0. The summed E-state index contributed by atoms with van der Waals surface area (Å²) < 4.78 is 15.7. The van der Waals surface area contributed by atoms with Crippen LogP contribution in [-0.4, -0.2) is 40.9 Å². The Morgan fingerprint density at radius 3 is 2.75 bits per heavy atom. The Labute approximate surface area is 74.1 Å². The van der Waals surface area contributed by atoms with E-state index in [-0.39, 0.29) is 18.1 Å². The van der Waals surface area contributed by atoms with Crippen molar-refractivity contribution in [3.8, 4) is 0 Å². The third kappa shape index (κ3) is 2.28. The highest BCUT2D eigenvalue weighted by molar-refractivity contribution is 7.85. The molecule has 1 aliphatic heterocycles. The van der Waals surface area contributed by atoms with Crippen LogP contribution in [0.5, 0.6) is 0 Å². The lowest BCUT2D eigenvalue weighted by molar-refractivity contribution is -0.142. The molecule has 1 saturated heterocycles. The summed E-state index contributed by atoms with van der Waals surface area (Å²) in [5, 5.41) is 3.03. The van der Waals surface area contributed by atoms with E-state index < -0.39 is 10.8 Å². The van der Waals surface area contributed by atoms with Crippen LogP contribution in [0.2, 0.25) is 0 Å². The molecular formula is C7H13NO3S. The molecule has 1 fully saturated rings. The number of nitrogens with one attached hydrogen (secondary N) is 1. The van der Waals surface area contributed by atoms with Gasteiger partial charge in [-0.3, -0.25) is 9.00 Å². The molecule has 0 aliphatic carbocycles. The van der Waals surface area contributed by atoms with Crippen molar-refractivity contribution in [3.05, 3.63) is 0 Å². The van der Waals surface area contributed by atoms with E-state index in [0.717, 1.165) is 0 Å². The zero-order chi connectivity index (χ0) is 9.14. The van der Waals surface area contributed by atoms with Crippen molar-refractivity contribution in [1.82, 2.24) is 5.32 Å². The van der Waals surface area contributed by atoms with Gasteiger partial charge in [-0.2, -0.15) is 0 Å². The fraction of sp³-hybridized carbons (Fsp3) is 0.857. The van der Waals surface area contributed by atoms with E-state index >= 15 is 0 Å². The van der Waals surface area contributed by atoms with Crippen LogP contribution >= 0.6 is 0 Å². The quantitative estimate of drug-likeness (QED) is 0.555. The van der Waals surface area contributed by atoms with Gasteiger partial charge in [-0.1, -0.05) is 0 Å². The first-order chi connectivity index (χ1) is 5.63.